The van der Waals surface area contributed by atoms with Crippen LogP contribution in [0.1, 0.15) is 12.0 Å². The molecule has 0 atom stereocenters. The summed E-state index contributed by atoms with van der Waals surface area (Å²) in [5, 5.41) is 14.9. The maximum Gasteiger partial charge on any atom is 0.416 e. The molecular formula is C20H19F3N4O. The van der Waals surface area contributed by atoms with Gasteiger partial charge >= 0.3 is 6.18 Å². The van der Waals surface area contributed by atoms with Crippen molar-refractivity contribution in [3.63, 3.8) is 0 Å². The third-order valence-electron chi connectivity index (χ3n) is 3.88. The van der Waals surface area contributed by atoms with Crippen molar-refractivity contribution in [1.82, 2.24) is 9.97 Å². The SMILES string of the molecule is OCCCNc1nc(Nc2cccc(C(F)(F)F)c2)cc(-c2ccccc2)n1. The second-order valence-electron chi connectivity index (χ2n) is 6.04. The molecule has 8 heteroatoms. The Kier molecular flexibility index (Phi) is 6.10. The number of benzene rings is 2. The highest BCUT2D eigenvalue weighted by molar-refractivity contribution is 5.67. The number of aromatic nitrogens is 2. The Morgan fingerprint density at radius 3 is 2.43 bits per heavy atom. The first-order valence-corrected chi connectivity index (χ1v) is 8.69. The average molecular weight is 388 g/mol. The Labute approximate surface area is 160 Å². The second kappa shape index (κ2) is 8.71. The van der Waals surface area contributed by atoms with Crippen LogP contribution in [0.4, 0.5) is 30.6 Å². The summed E-state index contributed by atoms with van der Waals surface area (Å²) in [6.45, 7) is 0.498. The predicted molar refractivity (Wildman–Crippen MR) is 102 cm³/mol. The van der Waals surface area contributed by atoms with Crippen LogP contribution in [0.3, 0.4) is 0 Å². The van der Waals surface area contributed by atoms with Crippen LogP contribution in [-0.4, -0.2) is 28.2 Å². The lowest BCUT2D eigenvalue weighted by molar-refractivity contribution is -0.137. The van der Waals surface area contributed by atoms with Crippen molar-refractivity contribution < 1.29 is 18.3 Å². The van der Waals surface area contributed by atoms with Crippen LogP contribution in [0.25, 0.3) is 11.3 Å². The molecule has 0 aliphatic rings. The second-order valence-corrected chi connectivity index (χ2v) is 6.04. The molecule has 0 bridgehead atoms. The van der Waals surface area contributed by atoms with E-state index in [2.05, 4.69) is 20.6 Å². The molecule has 5 nitrogen and oxygen atoms in total. The molecule has 1 heterocycles. The number of rotatable bonds is 7. The van der Waals surface area contributed by atoms with Gasteiger partial charge in [-0.05, 0) is 24.6 Å². The highest BCUT2D eigenvalue weighted by Crippen LogP contribution is 2.31. The summed E-state index contributed by atoms with van der Waals surface area (Å²) in [5.41, 5.74) is 1.00. The molecule has 0 spiro atoms. The number of hydrogen-bond acceptors (Lipinski definition) is 5. The highest BCUT2D eigenvalue weighted by atomic mass is 19.4. The normalized spacial score (nSPS) is 11.3. The molecule has 3 aromatic rings. The number of aliphatic hydroxyl groups excluding tert-OH is 1. The molecule has 0 aliphatic heterocycles. The number of hydrogen-bond donors (Lipinski definition) is 3. The van der Waals surface area contributed by atoms with Gasteiger partial charge in [-0.1, -0.05) is 36.4 Å². The number of halogens is 3. The van der Waals surface area contributed by atoms with E-state index < -0.39 is 11.7 Å². The first-order chi connectivity index (χ1) is 13.5. The molecule has 1 aromatic heterocycles. The van der Waals surface area contributed by atoms with Gasteiger partial charge in [-0.25, -0.2) is 4.98 Å². The van der Waals surface area contributed by atoms with Crippen LogP contribution in [-0.2, 0) is 6.18 Å². The Morgan fingerprint density at radius 1 is 0.929 bits per heavy atom. The number of alkyl halides is 3. The van der Waals surface area contributed by atoms with Gasteiger partial charge in [0.05, 0.1) is 11.3 Å². The molecule has 28 heavy (non-hydrogen) atoms. The van der Waals surface area contributed by atoms with Gasteiger partial charge in [-0.15, -0.1) is 0 Å². The molecule has 0 saturated heterocycles. The van der Waals surface area contributed by atoms with E-state index in [9.17, 15) is 13.2 Å². The van der Waals surface area contributed by atoms with E-state index >= 15 is 0 Å². The van der Waals surface area contributed by atoms with Crippen LogP contribution < -0.4 is 10.6 Å². The average Bonchev–Trinajstić information content (AvgIpc) is 2.68. The van der Waals surface area contributed by atoms with Gasteiger partial charge in [0.2, 0.25) is 5.95 Å². The number of anilines is 3. The summed E-state index contributed by atoms with van der Waals surface area (Å²) in [7, 11) is 0. The lowest BCUT2D eigenvalue weighted by Crippen LogP contribution is -2.09. The molecule has 0 radical (unpaired) electrons. The van der Waals surface area contributed by atoms with E-state index in [-0.39, 0.29) is 12.3 Å². The van der Waals surface area contributed by atoms with Gasteiger partial charge in [0, 0.05) is 30.5 Å². The van der Waals surface area contributed by atoms with Gasteiger partial charge in [0.25, 0.3) is 0 Å². The highest BCUT2D eigenvalue weighted by Gasteiger charge is 2.30. The molecule has 0 saturated carbocycles. The molecule has 146 valence electrons. The molecule has 3 rings (SSSR count). The van der Waals surface area contributed by atoms with E-state index in [1.54, 1.807) is 12.1 Å². The lowest BCUT2D eigenvalue weighted by atomic mass is 10.1. The van der Waals surface area contributed by atoms with E-state index in [1.165, 1.54) is 6.07 Å². The standard InChI is InChI=1S/C20H19F3N4O/c21-20(22,23)15-8-4-9-16(12-15)25-18-13-17(14-6-2-1-3-7-14)26-19(27-18)24-10-5-11-28/h1-4,6-9,12-13,28H,5,10-11H2,(H2,24,25,26,27). The van der Waals surface area contributed by atoms with Crippen molar-refractivity contribution in [2.24, 2.45) is 0 Å². The molecule has 0 unspecified atom stereocenters. The Hall–Kier alpha value is -3.13. The smallest absolute Gasteiger partial charge is 0.396 e. The monoisotopic (exact) mass is 388 g/mol. The van der Waals surface area contributed by atoms with Crippen LogP contribution in [0.2, 0.25) is 0 Å². The third kappa shape index (κ3) is 5.20. The molecule has 0 fully saturated rings. The van der Waals surface area contributed by atoms with Gasteiger partial charge in [-0.2, -0.15) is 18.2 Å². The summed E-state index contributed by atoms with van der Waals surface area (Å²) < 4.78 is 38.8. The quantitative estimate of drug-likeness (QED) is 0.512. The van der Waals surface area contributed by atoms with Crippen LogP contribution >= 0.6 is 0 Å². The molecule has 0 aliphatic carbocycles. The molecule has 0 amide bonds. The van der Waals surface area contributed by atoms with Crippen molar-refractivity contribution >= 4 is 17.5 Å². The minimum absolute atomic E-state index is 0.0285. The van der Waals surface area contributed by atoms with E-state index in [0.717, 1.165) is 17.7 Å². The summed E-state index contributed by atoms with van der Waals surface area (Å²) in [6, 6.07) is 16.0. The maximum absolute atomic E-state index is 12.9. The molecule has 3 N–H and O–H groups in total. The summed E-state index contributed by atoms with van der Waals surface area (Å²) >= 11 is 0. The zero-order valence-electron chi connectivity index (χ0n) is 14.9. The fraction of sp³-hybridized carbons (Fsp3) is 0.200. The van der Waals surface area contributed by atoms with Crippen molar-refractivity contribution in [2.45, 2.75) is 12.6 Å². The summed E-state index contributed by atoms with van der Waals surface area (Å²) in [6.07, 6.45) is -3.90. The van der Waals surface area contributed by atoms with Gasteiger partial charge in [0.15, 0.2) is 0 Å². The minimum Gasteiger partial charge on any atom is -0.396 e. The largest absolute Gasteiger partial charge is 0.416 e. The van der Waals surface area contributed by atoms with Gasteiger partial charge < -0.3 is 15.7 Å². The number of nitrogens with one attached hydrogen (secondary N) is 2. The number of aliphatic hydroxyl groups is 1. The summed E-state index contributed by atoms with van der Waals surface area (Å²) in [5.74, 6) is 0.684. The van der Waals surface area contributed by atoms with Crippen LogP contribution in [0.15, 0.2) is 60.7 Å². The maximum atomic E-state index is 12.9. The van der Waals surface area contributed by atoms with Gasteiger partial charge in [-0.3, -0.25) is 0 Å². The van der Waals surface area contributed by atoms with Crippen LogP contribution in [0.5, 0.6) is 0 Å². The Morgan fingerprint density at radius 2 is 1.71 bits per heavy atom. The Balaban J connectivity index is 1.92. The van der Waals surface area contributed by atoms with Crippen molar-refractivity contribution in [3.05, 3.63) is 66.2 Å². The topological polar surface area (TPSA) is 70.1 Å². The zero-order valence-corrected chi connectivity index (χ0v) is 14.9. The van der Waals surface area contributed by atoms with Crippen molar-refractivity contribution in [2.75, 3.05) is 23.8 Å². The lowest BCUT2D eigenvalue weighted by Gasteiger charge is -2.13. The predicted octanol–water partition coefficient (Wildman–Crippen LogP) is 4.70. The summed E-state index contributed by atoms with van der Waals surface area (Å²) in [4.78, 5) is 8.77. The molecular weight excluding hydrogens is 369 g/mol. The first-order valence-electron chi connectivity index (χ1n) is 8.69. The third-order valence-corrected chi connectivity index (χ3v) is 3.88. The fourth-order valence-electron chi connectivity index (χ4n) is 2.55. The van der Waals surface area contributed by atoms with Crippen molar-refractivity contribution in [1.29, 1.82) is 0 Å². The minimum atomic E-state index is -4.42. The molecule has 2 aromatic carbocycles. The first kappa shape index (κ1) is 19.6. The van der Waals surface area contributed by atoms with E-state index in [1.807, 2.05) is 30.3 Å². The fourth-order valence-corrected chi connectivity index (χ4v) is 2.55. The van der Waals surface area contributed by atoms with E-state index in [0.29, 0.717) is 30.4 Å². The van der Waals surface area contributed by atoms with Gasteiger partial charge in [0.1, 0.15) is 5.82 Å². The van der Waals surface area contributed by atoms with Crippen LogP contribution in [0, 0.1) is 0 Å². The Bertz CT molecular complexity index is 917. The number of nitrogens with zero attached hydrogens (tertiary/aromatic N) is 2. The van der Waals surface area contributed by atoms with E-state index in [4.69, 9.17) is 5.11 Å². The van der Waals surface area contributed by atoms with Crippen molar-refractivity contribution in [3.8, 4) is 11.3 Å². The zero-order chi connectivity index (χ0) is 20.0.